The maximum absolute atomic E-state index is 11.1. The number of unbranched alkanes of at least 4 members (excludes halogenated alkanes) is 2. The van der Waals surface area contributed by atoms with Crippen LogP contribution in [0.5, 0.6) is 5.75 Å². The first-order chi connectivity index (χ1) is 17.2. The molecule has 2 heterocycles. The molecule has 0 aromatic heterocycles. The molecule has 2 aliphatic rings. The summed E-state index contributed by atoms with van der Waals surface area (Å²) >= 11 is 0. The SMILES string of the molecule is CS(=O)(=O)NCCCCCN(N)/N=C(\N)c1ccc(C2=CC3(CCNCC3)Oc3ccccc32)cc1. The van der Waals surface area contributed by atoms with Crippen molar-refractivity contribution in [3.8, 4) is 5.75 Å². The Hall–Kier alpha value is -2.92. The molecule has 1 spiro atoms. The van der Waals surface area contributed by atoms with Crippen LogP contribution >= 0.6 is 0 Å². The lowest BCUT2D eigenvalue weighted by molar-refractivity contribution is 0.0817. The summed E-state index contributed by atoms with van der Waals surface area (Å²) in [6.07, 6.45) is 7.66. The molecule has 0 unspecified atom stereocenters. The van der Waals surface area contributed by atoms with Crippen LogP contribution in [0.2, 0.25) is 0 Å². The summed E-state index contributed by atoms with van der Waals surface area (Å²) in [7, 11) is -3.14. The smallest absolute Gasteiger partial charge is 0.208 e. The lowest BCUT2D eigenvalue weighted by Gasteiger charge is -2.40. The second-order valence-corrected chi connectivity index (χ2v) is 11.3. The van der Waals surface area contributed by atoms with Crippen molar-refractivity contribution in [2.75, 3.05) is 32.4 Å². The number of para-hydroxylation sites is 1. The van der Waals surface area contributed by atoms with E-state index in [1.54, 1.807) is 0 Å². The van der Waals surface area contributed by atoms with E-state index in [1.807, 2.05) is 30.3 Å². The van der Waals surface area contributed by atoms with Crippen LogP contribution in [-0.2, 0) is 10.0 Å². The molecule has 1 saturated heterocycles. The third kappa shape index (κ3) is 6.85. The average Bonchev–Trinajstić information content (AvgIpc) is 2.85. The van der Waals surface area contributed by atoms with E-state index in [1.165, 1.54) is 10.7 Å². The van der Waals surface area contributed by atoms with Gasteiger partial charge in [0.15, 0.2) is 5.84 Å². The van der Waals surface area contributed by atoms with Gasteiger partial charge in [0.1, 0.15) is 11.4 Å². The molecule has 10 heteroatoms. The first-order valence-corrected chi connectivity index (χ1v) is 14.3. The van der Waals surface area contributed by atoms with Crippen molar-refractivity contribution in [1.29, 1.82) is 0 Å². The molecule has 2 aromatic rings. The number of hydrogen-bond acceptors (Lipinski definition) is 7. The number of hydrazine groups is 1. The molecule has 1 fully saturated rings. The standard InChI is InChI=1S/C26H36N6O3S/c1-36(33,34)30-15-5-2-6-18-32(28)31-25(27)21-11-9-20(10-12-21)23-19-26(13-16-29-17-14-26)35-24-8-4-3-7-22(23)24/h3-4,7-12,19,29-30H,2,5-6,13-18,28H2,1H3,(H2,27,31). The van der Waals surface area contributed by atoms with Gasteiger partial charge in [0, 0.05) is 30.5 Å². The molecule has 9 nitrogen and oxygen atoms in total. The van der Waals surface area contributed by atoms with Crippen molar-refractivity contribution in [1.82, 2.24) is 15.2 Å². The molecule has 0 atom stereocenters. The molecule has 2 aromatic carbocycles. The van der Waals surface area contributed by atoms with Crippen molar-refractivity contribution in [2.45, 2.75) is 37.7 Å². The number of benzene rings is 2. The average molecular weight is 513 g/mol. The zero-order chi connectivity index (χ0) is 25.6. The fourth-order valence-corrected chi connectivity index (χ4v) is 5.12. The van der Waals surface area contributed by atoms with E-state index in [9.17, 15) is 8.42 Å². The van der Waals surface area contributed by atoms with Crippen LogP contribution < -0.4 is 26.4 Å². The molecule has 2 aliphatic heterocycles. The Bertz CT molecular complexity index is 1200. The van der Waals surface area contributed by atoms with Gasteiger partial charge in [-0.1, -0.05) is 48.9 Å². The minimum absolute atomic E-state index is 0.283. The number of rotatable bonds is 10. The minimum atomic E-state index is -3.14. The normalized spacial score (nSPS) is 17.3. The molecule has 0 saturated carbocycles. The number of nitrogens with zero attached hydrogens (tertiary/aromatic N) is 2. The summed E-state index contributed by atoms with van der Waals surface area (Å²) in [4.78, 5) is 0. The number of nitrogens with one attached hydrogen (secondary N) is 2. The van der Waals surface area contributed by atoms with Gasteiger partial charge >= 0.3 is 0 Å². The third-order valence-electron chi connectivity index (χ3n) is 6.50. The van der Waals surface area contributed by atoms with Gasteiger partial charge in [0.25, 0.3) is 0 Å². The fourth-order valence-electron chi connectivity index (χ4n) is 4.60. The van der Waals surface area contributed by atoms with E-state index >= 15 is 0 Å². The number of piperidine rings is 1. The number of fused-ring (bicyclic) bond motifs is 1. The molecule has 194 valence electrons. The number of hydrogen-bond donors (Lipinski definition) is 4. The number of amidine groups is 1. The molecule has 0 aliphatic carbocycles. The van der Waals surface area contributed by atoms with E-state index in [0.717, 1.165) is 73.9 Å². The zero-order valence-corrected chi connectivity index (χ0v) is 21.6. The number of hydrazone groups is 1. The molecule has 0 amide bonds. The van der Waals surface area contributed by atoms with Crippen molar-refractivity contribution in [3.05, 3.63) is 71.3 Å². The van der Waals surface area contributed by atoms with Gasteiger partial charge in [-0.2, -0.15) is 0 Å². The van der Waals surface area contributed by atoms with Crippen LogP contribution in [0.25, 0.3) is 5.57 Å². The zero-order valence-electron chi connectivity index (χ0n) is 20.7. The Labute approximate surface area is 213 Å². The molecule has 0 radical (unpaired) electrons. The number of nitrogens with two attached hydrogens (primary N) is 2. The van der Waals surface area contributed by atoms with Gasteiger partial charge in [-0.15, -0.1) is 5.10 Å². The molecule has 0 bridgehead atoms. The fraction of sp³-hybridized carbons (Fsp3) is 0.423. The molecule has 36 heavy (non-hydrogen) atoms. The highest BCUT2D eigenvalue weighted by molar-refractivity contribution is 7.88. The Balaban J connectivity index is 1.40. The Kier molecular flexibility index (Phi) is 8.30. The summed E-state index contributed by atoms with van der Waals surface area (Å²) in [6.45, 7) is 2.82. The van der Waals surface area contributed by atoms with Crippen molar-refractivity contribution >= 4 is 21.4 Å². The molecular weight excluding hydrogens is 476 g/mol. The van der Waals surface area contributed by atoms with Crippen LogP contribution in [0, 0.1) is 0 Å². The van der Waals surface area contributed by atoms with Crippen LogP contribution in [0.15, 0.2) is 59.7 Å². The lowest BCUT2D eigenvalue weighted by atomic mass is 9.83. The predicted octanol–water partition coefficient (Wildman–Crippen LogP) is 2.15. The van der Waals surface area contributed by atoms with Crippen LogP contribution in [-0.4, -0.2) is 57.4 Å². The largest absolute Gasteiger partial charge is 0.482 e. The van der Waals surface area contributed by atoms with Gasteiger partial charge in [-0.05, 0) is 49.2 Å². The molecule has 6 N–H and O–H groups in total. The van der Waals surface area contributed by atoms with E-state index in [0.29, 0.717) is 18.9 Å². The van der Waals surface area contributed by atoms with Gasteiger partial charge in [-0.25, -0.2) is 24.1 Å². The van der Waals surface area contributed by atoms with E-state index in [-0.39, 0.29) is 5.60 Å². The van der Waals surface area contributed by atoms with Crippen molar-refractivity contribution in [3.63, 3.8) is 0 Å². The summed E-state index contributed by atoms with van der Waals surface area (Å²) in [6, 6.07) is 16.3. The molecule has 4 rings (SSSR count). The van der Waals surface area contributed by atoms with Gasteiger partial charge < -0.3 is 15.8 Å². The Morgan fingerprint density at radius 2 is 1.83 bits per heavy atom. The first-order valence-electron chi connectivity index (χ1n) is 12.4. The summed E-state index contributed by atoms with van der Waals surface area (Å²) in [5, 5.41) is 9.06. The second-order valence-electron chi connectivity index (χ2n) is 9.42. The highest BCUT2D eigenvalue weighted by atomic mass is 32.2. The maximum atomic E-state index is 11.1. The van der Waals surface area contributed by atoms with Crippen LogP contribution in [0.4, 0.5) is 0 Å². The van der Waals surface area contributed by atoms with E-state index in [4.69, 9.17) is 16.3 Å². The van der Waals surface area contributed by atoms with Gasteiger partial charge in [0.05, 0.1) is 12.8 Å². The highest BCUT2D eigenvalue weighted by Gasteiger charge is 2.36. The minimum Gasteiger partial charge on any atom is -0.482 e. The van der Waals surface area contributed by atoms with Gasteiger partial charge in [-0.3, -0.25) is 0 Å². The molecular formula is C26H36N6O3S. The third-order valence-corrected chi connectivity index (χ3v) is 7.23. The first kappa shape index (κ1) is 26.2. The highest BCUT2D eigenvalue weighted by Crippen LogP contribution is 2.42. The van der Waals surface area contributed by atoms with E-state index in [2.05, 4.69) is 39.4 Å². The van der Waals surface area contributed by atoms with Crippen LogP contribution in [0.1, 0.15) is 48.8 Å². The summed E-state index contributed by atoms with van der Waals surface area (Å²) < 4.78 is 31.1. The van der Waals surface area contributed by atoms with E-state index < -0.39 is 10.0 Å². The van der Waals surface area contributed by atoms with Crippen LogP contribution in [0.3, 0.4) is 0 Å². The monoisotopic (exact) mass is 512 g/mol. The number of sulfonamides is 1. The topological polar surface area (TPSA) is 135 Å². The second kappa shape index (κ2) is 11.4. The quantitative estimate of drug-likeness (QED) is 0.126. The Morgan fingerprint density at radius 3 is 2.56 bits per heavy atom. The lowest BCUT2D eigenvalue weighted by Crippen LogP contribution is -2.46. The maximum Gasteiger partial charge on any atom is 0.208 e. The summed E-state index contributed by atoms with van der Waals surface area (Å²) in [5.41, 5.74) is 10.1. The van der Waals surface area contributed by atoms with Crippen molar-refractivity contribution < 1.29 is 13.2 Å². The predicted molar refractivity (Wildman–Crippen MR) is 144 cm³/mol. The number of ether oxygens (including phenoxy) is 1. The van der Waals surface area contributed by atoms with Crippen molar-refractivity contribution in [2.24, 2.45) is 16.7 Å². The summed E-state index contributed by atoms with van der Waals surface area (Å²) in [5.74, 6) is 7.27. The Morgan fingerprint density at radius 1 is 1.11 bits per heavy atom. The van der Waals surface area contributed by atoms with Gasteiger partial charge in [0.2, 0.25) is 10.0 Å².